The number of sulfonamides is 1. The molecule has 0 fully saturated rings. The van der Waals surface area contributed by atoms with E-state index in [9.17, 15) is 8.42 Å². The number of ether oxygens (including phenoxy) is 1. The van der Waals surface area contributed by atoms with Gasteiger partial charge in [0.2, 0.25) is 10.0 Å². The predicted molar refractivity (Wildman–Crippen MR) is 74.5 cm³/mol. The van der Waals surface area contributed by atoms with Crippen molar-refractivity contribution in [3.05, 3.63) is 24.3 Å². The van der Waals surface area contributed by atoms with Crippen LogP contribution in [0.4, 0.5) is 5.69 Å². The van der Waals surface area contributed by atoms with Crippen molar-refractivity contribution >= 4 is 15.7 Å². The van der Waals surface area contributed by atoms with Crippen LogP contribution in [-0.4, -0.2) is 39.0 Å². The van der Waals surface area contributed by atoms with E-state index in [1.54, 1.807) is 24.3 Å². The number of aliphatic hydroxyl groups is 1. The van der Waals surface area contributed by atoms with Crippen molar-refractivity contribution in [3.8, 4) is 5.75 Å². The summed E-state index contributed by atoms with van der Waals surface area (Å²) in [5, 5.41) is 8.58. The molecule has 0 aliphatic carbocycles. The van der Waals surface area contributed by atoms with Gasteiger partial charge < -0.3 is 15.6 Å². The summed E-state index contributed by atoms with van der Waals surface area (Å²) in [7, 11) is -3.33. The lowest BCUT2D eigenvalue weighted by atomic mass is 10.3. The Morgan fingerprint density at radius 1 is 1.32 bits per heavy atom. The molecule has 4 N–H and O–H groups in total. The monoisotopic (exact) mass is 288 g/mol. The lowest BCUT2D eigenvalue weighted by Crippen LogP contribution is -2.30. The molecule has 1 aromatic carbocycles. The van der Waals surface area contributed by atoms with Crippen molar-refractivity contribution in [1.29, 1.82) is 0 Å². The van der Waals surface area contributed by atoms with E-state index in [1.807, 2.05) is 0 Å². The summed E-state index contributed by atoms with van der Waals surface area (Å²) in [6.45, 7) is 0.472. The van der Waals surface area contributed by atoms with Crippen molar-refractivity contribution < 1.29 is 18.3 Å². The second-order valence-electron chi connectivity index (χ2n) is 4.06. The first-order valence-corrected chi connectivity index (χ1v) is 7.75. The Balaban J connectivity index is 2.27. The van der Waals surface area contributed by atoms with E-state index in [0.29, 0.717) is 30.8 Å². The van der Waals surface area contributed by atoms with Gasteiger partial charge in [0, 0.05) is 24.9 Å². The number of hydrogen-bond acceptors (Lipinski definition) is 5. The van der Waals surface area contributed by atoms with Crippen LogP contribution in [-0.2, 0) is 10.0 Å². The van der Waals surface area contributed by atoms with Crippen LogP contribution in [0.15, 0.2) is 24.3 Å². The molecule has 0 aliphatic rings. The maximum Gasteiger partial charge on any atom is 0.214 e. The highest BCUT2D eigenvalue weighted by atomic mass is 32.2. The number of nitrogens with two attached hydrogens (primary N) is 1. The molecule has 7 heteroatoms. The van der Waals surface area contributed by atoms with Crippen LogP contribution in [0.25, 0.3) is 0 Å². The first kappa shape index (κ1) is 15.7. The van der Waals surface area contributed by atoms with Crippen molar-refractivity contribution in [2.75, 3.05) is 31.2 Å². The zero-order valence-corrected chi connectivity index (χ0v) is 11.5. The maximum atomic E-state index is 11.6. The number of rotatable bonds is 9. The minimum atomic E-state index is -3.33. The minimum absolute atomic E-state index is 0.0682. The second-order valence-corrected chi connectivity index (χ2v) is 5.99. The highest BCUT2D eigenvalue weighted by Gasteiger charge is 2.09. The molecule has 0 saturated carbocycles. The summed E-state index contributed by atoms with van der Waals surface area (Å²) >= 11 is 0. The molecule has 19 heavy (non-hydrogen) atoms. The van der Waals surface area contributed by atoms with E-state index in [4.69, 9.17) is 15.6 Å². The Hall–Kier alpha value is -1.31. The van der Waals surface area contributed by atoms with Gasteiger partial charge in [0.1, 0.15) is 12.4 Å². The molecule has 0 amide bonds. The van der Waals surface area contributed by atoms with E-state index in [0.717, 1.165) is 0 Å². The molecule has 1 rings (SSSR count). The molecule has 0 atom stereocenters. The molecule has 0 radical (unpaired) electrons. The third kappa shape index (κ3) is 7.00. The lowest BCUT2D eigenvalue weighted by molar-refractivity contribution is 0.285. The standard InChI is InChI=1S/C12H20N2O4S/c13-11-4-3-5-12(10-11)18-8-9-19(16,17)14-6-1-2-7-15/h3-5,10,14-15H,1-2,6-9,13H2. The van der Waals surface area contributed by atoms with Gasteiger partial charge in [0.25, 0.3) is 0 Å². The number of hydrogen-bond donors (Lipinski definition) is 3. The zero-order valence-electron chi connectivity index (χ0n) is 10.7. The fourth-order valence-corrected chi connectivity index (χ4v) is 2.31. The Kier molecular flexibility index (Phi) is 6.61. The highest BCUT2D eigenvalue weighted by molar-refractivity contribution is 7.89. The van der Waals surface area contributed by atoms with E-state index < -0.39 is 10.0 Å². The molecule has 0 saturated heterocycles. The Bertz CT molecular complexity index is 476. The van der Waals surface area contributed by atoms with Crippen LogP contribution < -0.4 is 15.2 Å². The number of anilines is 1. The number of aliphatic hydroxyl groups excluding tert-OH is 1. The highest BCUT2D eigenvalue weighted by Crippen LogP contribution is 2.14. The lowest BCUT2D eigenvalue weighted by Gasteiger charge is -2.08. The van der Waals surface area contributed by atoms with Gasteiger partial charge in [-0.25, -0.2) is 13.1 Å². The fraction of sp³-hybridized carbons (Fsp3) is 0.500. The quantitative estimate of drug-likeness (QED) is 0.449. The van der Waals surface area contributed by atoms with Crippen LogP contribution in [0.1, 0.15) is 12.8 Å². The summed E-state index contributed by atoms with van der Waals surface area (Å²) in [5.74, 6) is 0.441. The van der Waals surface area contributed by atoms with Gasteiger partial charge in [0.15, 0.2) is 0 Å². The molecular weight excluding hydrogens is 268 g/mol. The molecule has 6 nitrogen and oxygen atoms in total. The number of unbranched alkanes of at least 4 members (excludes halogenated alkanes) is 1. The molecule has 0 aromatic heterocycles. The summed E-state index contributed by atoms with van der Waals surface area (Å²) in [4.78, 5) is 0. The largest absolute Gasteiger partial charge is 0.492 e. The van der Waals surface area contributed by atoms with Gasteiger partial charge in [-0.3, -0.25) is 0 Å². The van der Waals surface area contributed by atoms with E-state index >= 15 is 0 Å². The number of nitrogen functional groups attached to an aromatic ring is 1. The molecule has 0 bridgehead atoms. The summed E-state index contributed by atoms with van der Waals surface area (Å²) in [6.07, 6.45) is 1.20. The molecule has 0 aliphatic heterocycles. The summed E-state index contributed by atoms with van der Waals surface area (Å²) in [5.41, 5.74) is 6.15. The topological polar surface area (TPSA) is 102 Å². The SMILES string of the molecule is Nc1cccc(OCCS(=O)(=O)NCCCCO)c1. The van der Waals surface area contributed by atoms with Crippen LogP contribution >= 0.6 is 0 Å². The molecule has 0 spiro atoms. The van der Waals surface area contributed by atoms with Crippen LogP contribution in [0.5, 0.6) is 5.75 Å². The van der Waals surface area contributed by atoms with Crippen molar-refractivity contribution in [2.45, 2.75) is 12.8 Å². The molecule has 108 valence electrons. The molecule has 0 heterocycles. The third-order valence-corrected chi connectivity index (χ3v) is 3.73. The second kappa shape index (κ2) is 7.98. The smallest absolute Gasteiger partial charge is 0.214 e. The maximum absolute atomic E-state index is 11.6. The molecule has 1 aromatic rings. The average molecular weight is 288 g/mol. The van der Waals surface area contributed by atoms with Gasteiger partial charge >= 0.3 is 0 Å². The van der Waals surface area contributed by atoms with E-state index in [2.05, 4.69) is 4.72 Å². The van der Waals surface area contributed by atoms with Gasteiger partial charge in [-0.2, -0.15) is 0 Å². The van der Waals surface area contributed by atoms with Gasteiger partial charge in [0.05, 0.1) is 5.75 Å². The predicted octanol–water partition coefficient (Wildman–Crippen LogP) is 0.339. The van der Waals surface area contributed by atoms with Crippen molar-refractivity contribution in [3.63, 3.8) is 0 Å². The van der Waals surface area contributed by atoms with Crippen LogP contribution in [0.3, 0.4) is 0 Å². The molecular formula is C12H20N2O4S. The summed E-state index contributed by atoms with van der Waals surface area (Å²) in [6, 6.07) is 6.83. The van der Waals surface area contributed by atoms with E-state index in [-0.39, 0.29) is 19.0 Å². The normalized spacial score (nSPS) is 11.4. The van der Waals surface area contributed by atoms with Crippen molar-refractivity contribution in [1.82, 2.24) is 4.72 Å². The molecule has 0 unspecified atom stereocenters. The van der Waals surface area contributed by atoms with Crippen LogP contribution in [0, 0.1) is 0 Å². The first-order chi connectivity index (χ1) is 9.03. The number of benzene rings is 1. The minimum Gasteiger partial charge on any atom is -0.492 e. The Labute approximate surface area is 113 Å². The first-order valence-electron chi connectivity index (χ1n) is 6.10. The number of nitrogens with one attached hydrogen (secondary N) is 1. The van der Waals surface area contributed by atoms with E-state index in [1.165, 1.54) is 0 Å². The fourth-order valence-electron chi connectivity index (χ4n) is 1.41. The average Bonchev–Trinajstić information content (AvgIpc) is 2.35. The zero-order chi connectivity index (χ0) is 14.1. The van der Waals surface area contributed by atoms with Gasteiger partial charge in [-0.15, -0.1) is 0 Å². The van der Waals surface area contributed by atoms with Crippen molar-refractivity contribution in [2.24, 2.45) is 0 Å². The van der Waals surface area contributed by atoms with Crippen LogP contribution in [0.2, 0.25) is 0 Å². The summed E-state index contributed by atoms with van der Waals surface area (Å²) < 4.78 is 30.9. The van der Waals surface area contributed by atoms with Gasteiger partial charge in [-0.1, -0.05) is 6.07 Å². The Morgan fingerprint density at radius 2 is 2.11 bits per heavy atom. The Morgan fingerprint density at radius 3 is 2.79 bits per heavy atom. The van der Waals surface area contributed by atoms with Gasteiger partial charge in [-0.05, 0) is 25.0 Å². The third-order valence-electron chi connectivity index (χ3n) is 2.39.